The zero-order chi connectivity index (χ0) is 13.3. The minimum Gasteiger partial charge on any atom is -0.272 e. The highest BCUT2D eigenvalue weighted by molar-refractivity contribution is 9.10. The van der Waals surface area contributed by atoms with Crippen LogP contribution in [0.3, 0.4) is 0 Å². The van der Waals surface area contributed by atoms with Crippen LogP contribution in [0.1, 0.15) is 24.5 Å². The van der Waals surface area contributed by atoms with E-state index in [2.05, 4.69) is 21.0 Å². The first kappa shape index (κ1) is 13.2. The number of halogens is 3. The van der Waals surface area contributed by atoms with Gasteiger partial charge in [-0.15, -0.1) is 0 Å². The first-order valence-electron chi connectivity index (χ1n) is 5.65. The molecule has 0 spiro atoms. The van der Waals surface area contributed by atoms with Gasteiger partial charge in [0.05, 0.1) is 5.56 Å². The summed E-state index contributed by atoms with van der Waals surface area (Å²) in [6.45, 7) is 4.34. The van der Waals surface area contributed by atoms with Crippen molar-refractivity contribution in [3.05, 3.63) is 40.0 Å². The number of hydrogen-bond acceptors (Lipinski definition) is 1. The second-order valence-corrected chi connectivity index (χ2v) is 4.86. The smallest absolute Gasteiger partial charge is 0.267 e. The van der Waals surface area contributed by atoms with Gasteiger partial charge in [-0.05, 0) is 25.5 Å². The van der Waals surface area contributed by atoms with Crippen molar-refractivity contribution in [3.8, 4) is 11.3 Å². The van der Waals surface area contributed by atoms with Crippen LogP contribution in [0.25, 0.3) is 11.3 Å². The van der Waals surface area contributed by atoms with Crippen molar-refractivity contribution < 1.29 is 8.78 Å². The lowest BCUT2D eigenvalue weighted by molar-refractivity contribution is 0.152. The van der Waals surface area contributed by atoms with E-state index < -0.39 is 6.43 Å². The highest BCUT2D eigenvalue weighted by Gasteiger charge is 2.20. The van der Waals surface area contributed by atoms with Gasteiger partial charge in [0.15, 0.2) is 0 Å². The third-order valence-electron chi connectivity index (χ3n) is 2.87. The van der Waals surface area contributed by atoms with Crippen LogP contribution in [0.5, 0.6) is 0 Å². The largest absolute Gasteiger partial charge is 0.272 e. The van der Waals surface area contributed by atoms with Gasteiger partial charge < -0.3 is 0 Å². The van der Waals surface area contributed by atoms with Crippen LogP contribution in [0, 0.1) is 6.92 Å². The number of aryl methyl sites for hydroxylation is 1. The van der Waals surface area contributed by atoms with Crippen molar-refractivity contribution in [3.63, 3.8) is 0 Å². The molecule has 1 aromatic heterocycles. The maximum absolute atomic E-state index is 13.0. The van der Waals surface area contributed by atoms with E-state index >= 15 is 0 Å². The van der Waals surface area contributed by atoms with Crippen molar-refractivity contribution >= 4 is 15.9 Å². The molecule has 0 radical (unpaired) electrons. The van der Waals surface area contributed by atoms with Gasteiger partial charge in [0.25, 0.3) is 6.43 Å². The summed E-state index contributed by atoms with van der Waals surface area (Å²) < 4.78 is 28.5. The summed E-state index contributed by atoms with van der Waals surface area (Å²) in [5.74, 6) is 0. The van der Waals surface area contributed by atoms with Crippen LogP contribution in [0.2, 0.25) is 0 Å². The standard InChI is InChI=1S/C13H13BrF2N2/c1-3-18-7-10(13(15)16)12(17-18)9-5-4-6-11(14)8(9)2/h4-7,13H,3H2,1-2H3. The normalized spacial score (nSPS) is 11.2. The van der Waals surface area contributed by atoms with E-state index in [0.29, 0.717) is 12.2 Å². The van der Waals surface area contributed by atoms with Gasteiger partial charge in [0, 0.05) is 22.8 Å². The number of benzene rings is 1. The summed E-state index contributed by atoms with van der Waals surface area (Å²) in [6.07, 6.45) is -1.10. The number of aromatic nitrogens is 2. The third kappa shape index (κ3) is 2.32. The van der Waals surface area contributed by atoms with Gasteiger partial charge in [-0.3, -0.25) is 4.68 Å². The molecule has 2 aromatic rings. The fraction of sp³-hybridized carbons (Fsp3) is 0.308. The fourth-order valence-electron chi connectivity index (χ4n) is 1.83. The van der Waals surface area contributed by atoms with E-state index in [0.717, 1.165) is 15.6 Å². The fourth-order valence-corrected chi connectivity index (χ4v) is 2.20. The first-order chi connectivity index (χ1) is 8.54. The maximum atomic E-state index is 13.0. The highest BCUT2D eigenvalue weighted by atomic mass is 79.9. The second kappa shape index (κ2) is 5.18. The molecule has 0 atom stereocenters. The molecule has 1 heterocycles. The molecule has 0 fully saturated rings. The Kier molecular flexibility index (Phi) is 3.80. The van der Waals surface area contributed by atoms with Crippen LogP contribution in [-0.4, -0.2) is 9.78 Å². The van der Waals surface area contributed by atoms with Crippen molar-refractivity contribution in [2.75, 3.05) is 0 Å². The Labute approximate surface area is 113 Å². The highest BCUT2D eigenvalue weighted by Crippen LogP contribution is 2.34. The average molecular weight is 315 g/mol. The first-order valence-corrected chi connectivity index (χ1v) is 6.44. The predicted molar refractivity (Wildman–Crippen MR) is 70.7 cm³/mol. The Morgan fingerprint density at radius 2 is 2.11 bits per heavy atom. The number of alkyl halides is 2. The molecule has 0 unspecified atom stereocenters. The van der Waals surface area contributed by atoms with Gasteiger partial charge in [0.1, 0.15) is 5.69 Å². The molecule has 2 rings (SSSR count). The maximum Gasteiger partial charge on any atom is 0.267 e. The van der Waals surface area contributed by atoms with E-state index in [1.165, 1.54) is 10.9 Å². The number of nitrogens with zero attached hydrogens (tertiary/aromatic N) is 2. The molecule has 2 nitrogen and oxygen atoms in total. The lowest BCUT2D eigenvalue weighted by Gasteiger charge is -2.07. The van der Waals surface area contributed by atoms with Gasteiger partial charge in [-0.1, -0.05) is 28.1 Å². The molecule has 0 aliphatic carbocycles. The predicted octanol–water partition coefficient (Wildman–Crippen LogP) is 4.58. The van der Waals surface area contributed by atoms with E-state index in [1.54, 1.807) is 0 Å². The number of hydrogen-bond donors (Lipinski definition) is 0. The Bertz CT molecular complexity index is 564. The summed E-state index contributed by atoms with van der Waals surface area (Å²) in [5.41, 5.74) is 2.01. The molecule has 0 saturated carbocycles. The molecule has 0 bridgehead atoms. The topological polar surface area (TPSA) is 17.8 Å². The molecule has 0 amide bonds. The second-order valence-electron chi connectivity index (χ2n) is 4.00. The van der Waals surface area contributed by atoms with Crippen LogP contribution < -0.4 is 0 Å². The number of rotatable bonds is 3. The zero-order valence-electron chi connectivity index (χ0n) is 10.1. The summed E-state index contributed by atoms with van der Waals surface area (Å²) in [5, 5.41) is 4.24. The van der Waals surface area contributed by atoms with Crippen molar-refractivity contribution in [2.45, 2.75) is 26.8 Å². The third-order valence-corrected chi connectivity index (χ3v) is 3.73. The van der Waals surface area contributed by atoms with Crippen LogP contribution in [0.15, 0.2) is 28.9 Å². The van der Waals surface area contributed by atoms with Crippen LogP contribution >= 0.6 is 15.9 Å². The average Bonchev–Trinajstić information content (AvgIpc) is 2.77. The minimum atomic E-state index is -2.52. The van der Waals surface area contributed by atoms with Crippen LogP contribution in [0.4, 0.5) is 8.78 Å². The lowest BCUT2D eigenvalue weighted by Crippen LogP contribution is -1.94. The Morgan fingerprint density at radius 1 is 1.39 bits per heavy atom. The van der Waals surface area contributed by atoms with Gasteiger partial charge in [-0.2, -0.15) is 5.10 Å². The van der Waals surface area contributed by atoms with Gasteiger partial charge in [0.2, 0.25) is 0 Å². The Balaban J connectivity index is 2.62. The van der Waals surface area contributed by atoms with Gasteiger partial charge in [-0.25, -0.2) is 8.78 Å². The molecule has 96 valence electrons. The molecule has 1 aromatic carbocycles. The van der Waals surface area contributed by atoms with Crippen molar-refractivity contribution in [2.24, 2.45) is 0 Å². The molecule has 0 saturated heterocycles. The molecule has 0 N–H and O–H groups in total. The molecule has 0 aliphatic heterocycles. The van der Waals surface area contributed by atoms with E-state index in [1.807, 2.05) is 32.0 Å². The quantitative estimate of drug-likeness (QED) is 0.811. The molecular formula is C13H13BrF2N2. The molecular weight excluding hydrogens is 302 g/mol. The minimum absolute atomic E-state index is 0.0157. The molecule has 5 heteroatoms. The Hall–Kier alpha value is -1.23. The summed E-state index contributed by atoms with van der Waals surface area (Å²) in [4.78, 5) is 0. The lowest BCUT2D eigenvalue weighted by atomic mass is 10.0. The molecule has 0 aliphatic rings. The van der Waals surface area contributed by atoms with E-state index in [4.69, 9.17) is 0 Å². The van der Waals surface area contributed by atoms with Crippen molar-refractivity contribution in [1.82, 2.24) is 9.78 Å². The molecule has 18 heavy (non-hydrogen) atoms. The van der Waals surface area contributed by atoms with Crippen molar-refractivity contribution in [1.29, 1.82) is 0 Å². The SMILES string of the molecule is CCn1cc(C(F)F)c(-c2cccc(Br)c2C)n1. The Morgan fingerprint density at radius 3 is 2.72 bits per heavy atom. The van der Waals surface area contributed by atoms with Crippen LogP contribution in [-0.2, 0) is 6.54 Å². The van der Waals surface area contributed by atoms with E-state index in [-0.39, 0.29) is 5.56 Å². The summed E-state index contributed by atoms with van der Waals surface area (Å²) in [6, 6.07) is 5.53. The van der Waals surface area contributed by atoms with E-state index in [9.17, 15) is 8.78 Å². The van der Waals surface area contributed by atoms with Gasteiger partial charge >= 0.3 is 0 Å². The summed E-state index contributed by atoms with van der Waals surface area (Å²) in [7, 11) is 0. The zero-order valence-corrected chi connectivity index (χ0v) is 11.7. The monoisotopic (exact) mass is 314 g/mol. The summed E-state index contributed by atoms with van der Waals surface area (Å²) >= 11 is 3.41.